The predicted molar refractivity (Wildman–Crippen MR) is 67.8 cm³/mol. The molecule has 16 heavy (non-hydrogen) atoms. The fourth-order valence-corrected chi connectivity index (χ4v) is 3.19. The molecule has 1 saturated carbocycles. The summed E-state index contributed by atoms with van der Waals surface area (Å²) in [5, 5.41) is 4.21. The molecule has 0 spiro atoms. The summed E-state index contributed by atoms with van der Waals surface area (Å²) < 4.78 is 1.98. The second-order valence-electron chi connectivity index (χ2n) is 5.14. The molecule has 0 atom stereocenters. The van der Waals surface area contributed by atoms with Gasteiger partial charge in [-0.25, -0.2) is 0 Å². The molecule has 90 valence electrons. The minimum Gasteiger partial charge on any atom is -0.273 e. The van der Waals surface area contributed by atoms with E-state index in [0.717, 1.165) is 12.3 Å². The molecule has 1 fully saturated rings. The normalized spacial score (nSPS) is 19.9. The van der Waals surface area contributed by atoms with Gasteiger partial charge in [0, 0.05) is 24.8 Å². The maximum Gasteiger partial charge on any atom is 0.0492 e. The Morgan fingerprint density at radius 1 is 1.38 bits per heavy atom. The highest BCUT2D eigenvalue weighted by molar-refractivity contribution is 6.18. The summed E-state index contributed by atoms with van der Waals surface area (Å²) in [5.74, 6) is 0.824. The molecule has 0 N–H and O–H groups in total. The molecule has 0 aromatic carbocycles. The molecule has 0 saturated heterocycles. The van der Waals surface area contributed by atoms with Gasteiger partial charge in [-0.2, -0.15) is 5.10 Å². The van der Waals surface area contributed by atoms with E-state index in [1.54, 1.807) is 0 Å². The van der Waals surface area contributed by atoms with Crippen LogP contribution in [0, 0.1) is 5.41 Å². The lowest BCUT2D eigenvalue weighted by Gasteiger charge is -2.35. The Balaban J connectivity index is 1.94. The number of rotatable bonds is 4. The second kappa shape index (κ2) is 5.22. The summed E-state index contributed by atoms with van der Waals surface area (Å²) in [5.41, 5.74) is 1.74. The van der Waals surface area contributed by atoms with Gasteiger partial charge in [-0.3, -0.25) is 4.68 Å². The Morgan fingerprint density at radius 2 is 2.12 bits per heavy atom. The van der Waals surface area contributed by atoms with E-state index in [2.05, 4.69) is 11.2 Å². The third-order valence-electron chi connectivity index (χ3n) is 4.03. The molecular weight excluding hydrogens is 220 g/mol. The lowest BCUT2D eigenvalue weighted by Crippen LogP contribution is -2.27. The fourth-order valence-electron chi connectivity index (χ4n) is 2.79. The van der Waals surface area contributed by atoms with E-state index in [0.29, 0.717) is 5.41 Å². The monoisotopic (exact) mass is 240 g/mol. The highest BCUT2D eigenvalue weighted by Gasteiger charge is 2.30. The smallest absolute Gasteiger partial charge is 0.0492 e. The molecule has 0 unspecified atom stereocenters. The van der Waals surface area contributed by atoms with Crippen molar-refractivity contribution in [1.29, 1.82) is 0 Å². The standard InChI is InChI=1S/C13H21ClN2/c1-16-12(6-10-15-16)5-9-13(11-14)7-3-2-4-8-13/h6,10H,2-5,7-9,11H2,1H3. The van der Waals surface area contributed by atoms with Crippen LogP contribution in [0.2, 0.25) is 0 Å². The molecule has 1 heterocycles. The minimum atomic E-state index is 0.407. The molecule has 0 bridgehead atoms. The molecule has 2 nitrogen and oxygen atoms in total. The Labute approximate surface area is 103 Å². The SMILES string of the molecule is Cn1nccc1CCC1(CCl)CCCCC1. The highest BCUT2D eigenvalue weighted by atomic mass is 35.5. The van der Waals surface area contributed by atoms with Crippen molar-refractivity contribution in [1.82, 2.24) is 9.78 Å². The molecule has 0 radical (unpaired) electrons. The van der Waals surface area contributed by atoms with Gasteiger partial charge in [0.25, 0.3) is 0 Å². The van der Waals surface area contributed by atoms with Crippen LogP contribution in [0.15, 0.2) is 12.3 Å². The molecule has 1 aromatic heterocycles. The van der Waals surface area contributed by atoms with E-state index in [1.807, 2.05) is 17.9 Å². The van der Waals surface area contributed by atoms with E-state index < -0.39 is 0 Å². The molecule has 0 amide bonds. The summed E-state index contributed by atoms with van der Waals surface area (Å²) in [6, 6.07) is 2.12. The Hall–Kier alpha value is -0.500. The van der Waals surface area contributed by atoms with Gasteiger partial charge >= 0.3 is 0 Å². The van der Waals surface area contributed by atoms with Gasteiger partial charge in [-0.1, -0.05) is 19.3 Å². The van der Waals surface area contributed by atoms with Crippen LogP contribution < -0.4 is 0 Å². The Kier molecular flexibility index (Phi) is 3.91. The summed E-state index contributed by atoms with van der Waals surface area (Å²) in [6.45, 7) is 0. The first-order valence-corrected chi connectivity index (χ1v) is 6.82. The predicted octanol–water partition coefficient (Wildman–Crippen LogP) is 3.54. The van der Waals surface area contributed by atoms with E-state index in [1.165, 1.54) is 44.2 Å². The number of aromatic nitrogens is 2. The van der Waals surface area contributed by atoms with Crippen LogP contribution in [0.5, 0.6) is 0 Å². The van der Waals surface area contributed by atoms with Gasteiger partial charge in [0.2, 0.25) is 0 Å². The van der Waals surface area contributed by atoms with Crippen LogP contribution in [0.4, 0.5) is 0 Å². The van der Waals surface area contributed by atoms with E-state index in [-0.39, 0.29) is 0 Å². The van der Waals surface area contributed by atoms with E-state index in [9.17, 15) is 0 Å². The lowest BCUT2D eigenvalue weighted by atomic mass is 9.72. The molecular formula is C13H21ClN2. The van der Waals surface area contributed by atoms with Crippen molar-refractivity contribution in [2.45, 2.75) is 44.9 Å². The number of aryl methyl sites for hydroxylation is 2. The van der Waals surface area contributed by atoms with Crippen LogP contribution in [0.3, 0.4) is 0 Å². The number of halogens is 1. The largest absolute Gasteiger partial charge is 0.273 e. The van der Waals surface area contributed by atoms with Gasteiger partial charge in [-0.15, -0.1) is 11.6 Å². The number of hydrogen-bond acceptors (Lipinski definition) is 1. The first-order chi connectivity index (χ1) is 7.76. The van der Waals surface area contributed by atoms with Crippen molar-refractivity contribution in [2.75, 3.05) is 5.88 Å². The second-order valence-corrected chi connectivity index (χ2v) is 5.41. The zero-order chi connectivity index (χ0) is 11.4. The van der Waals surface area contributed by atoms with Crippen molar-refractivity contribution in [3.05, 3.63) is 18.0 Å². The third-order valence-corrected chi connectivity index (χ3v) is 4.60. The molecule has 1 aliphatic rings. The molecule has 1 aromatic rings. The average molecular weight is 241 g/mol. The summed E-state index contributed by atoms with van der Waals surface area (Å²) in [7, 11) is 2.02. The van der Waals surface area contributed by atoms with Gasteiger partial charge in [0.05, 0.1) is 0 Å². The van der Waals surface area contributed by atoms with Gasteiger partial charge < -0.3 is 0 Å². The first-order valence-electron chi connectivity index (χ1n) is 6.29. The van der Waals surface area contributed by atoms with Gasteiger partial charge in [-0.05, 0) is 37.2 Å². The summed E-state index contributed by atoms with van der Waals surface area (Å²) in [4.78, 5) is 0. The highest BCUT2D eigenvalue weighted by Crippen LogP contribution is 2.41. The van der Waals surface area contributed by atoms with Crippen molar-refractivity contribution >= 4 is 11.6 Å². The molecule has 3 heteroatoms. The van der Waals surface area contributed by atoms with Crippen LogP contribution >= 0.6 is 11.6 Å². The maximum absolute atomic E-state index is 6.19. The van der Waals surface area contributed by atoms with Crippen molar-refractivity contribution in [3.63, 3.8) is 0 Å². The quantitative estimate of drug-likeness (QED) is 0.736. The lowest BCUT2D eigenvalue weighted by molar-refractivity contribution is 0.203. The van der Waals surface area contributed by atoms with E-state index >= 15 is 0 Å². The van der Waals surface area contributed by atoms with Gasteiger partial charge in [0.15, 0.2) is 0 Å². The van der Waals surface area contributed by atoms with Crippen LogP contribution in [0.1, 0.15) is 44.2 Å². The van der Waals surface area contributed by atoms with Crippen molar-refractivity contribution < 1.29 is 0 Å². The average Bonchev–Trinajstić information content (AvgIpc) is 2.74. The van der Waals surface area contributed by atoms with Gasteiger partial charge in [0.1, 0.15) is 0 Å². The van der Waals surface area contributed by atoms with E-state index in [4.69, 9.17) is 11.6 Å². The summed E-state index contributed by atoms with van der Waals surface area (Å²) in [6.07, 6.45) is 11.0. The Morgan fingerprint density at radius 3 is 2.69 bits per heavy atom. The van der Waals surface area contributed by atoms with Crippen LogP contribution in [0.25, 0.3) is 0 Å². The zero-order valence-electron chi connectivity index (χ0n) is 10.1. The van der Waals surface area contributed by atoms with Crippen molar-refractivity contribution in [2.24, 2.45) is 12.5 Å². The molecule has 2 rings (SSSR count). The van der Waals surface area contributed by atoms with Crippen molar-refractivity contribution in [3.8, 4) is 0 Å². The number of alkyl halides is 1. The zero-order valence-corrected chi connectivity index (χ0v) is 10.8. The molecule has 0 aliphatic heterocycles. The van der Waals surface area contributed by atoms with Crippen LogP contribution in [-0.4, -0.2) is 15.7 Å². The third kappa shape index (κ3) is 2.60. The number of hydrogen-bond donors (Lipinski definition) is 0. The fraction of sp³-hybridized carbons (Fsp3) is 0.769. The Bertz CT molecular complexity index is 326. The van der Waals surface area contributed by atoms with Crippen LogP contribution in [-0.2, 0) is 13.5 Å². The molecule has 1 aliphatic carbocycles. The topological polar surface area (TPSA) is 17.8 Å². The first kappa shape index (κ1) is 12.0. The summed E-state index contributed by atoms with van der Waals surface area (Å²) >= 11 is 6.19. The minimum absolute atomic E-state index is 0.407. The maximum atomic E-state index is 6.19. The number of nitrogens with zero attached hydrogens (tertiary/aromatic N) is 2.